The molecule has 24 heavy (non-hydrogen) atoms. The summed E-state index contributed by atoms with van der Waals surface area (Å²) in [6.45, 7) is 1.84. The van der Waals surface area contributed by atoms with Crippen molar-refractivity contribution in [1.82, 2.24) is 0 Å². The van der Waals surface area contributed by atoms with Gasteiger partial charge in [-0.15, -0.1) is 0 Å². The van der Waals surface area contributed by atoms with E-state index in [1.54, 1.807) is 36.4 Å². The number of rotatable bonds is 3. The Labute approximate surface area is 141 Å². The number of benzene rings is 2. The van der Waals surface area contributed by atoms with Crippen molar-refractivity contribution in [1.29, 1.82) is 0 Å². The van der Waals surface area contributed by atoms with Gasteiger partial charge >= 0.3 is 0 Å². The Morgan fingerprint density at radius 2 is 1.88 bits per heavy atom. The van der Waals surface area contributed by atoms with Crippen molar-refractivity contribution in [3.05, 3.63) is 84.7 Å². The maximum absolute atomic E-state index is 12.5. The Hall–Kier alpha value is -2.92. The van der Waals surface area contributed by atoms with Crippen LogP contribution in [-0.4, -0.2) is 4.92 Å². The van der Waals surface area contributed by atoms with Crippen LogP contribution in [-0.2, 0) is 0 Å². The van der Waals surface area contributed by atoms with Crippen LogP contribution in [0.4, 0.5) is 5.69 Å². The zero-order chi connectivity index (χ0) is 17.3. The van der Waals surface area contributed by atoms with Crippen LogP contribution in [0.3, 0.4) is 0 Å². The number of halogens is 1. The molecule has 5 nitrogen and oxygen atoms in total. The number of nitro groups is 1. The zero-order valence-corrected chi connectivity index (χ0v) is 13.4. The van der Waals surface area contributed by atoms with Gasteiger partial charge in [0.2, 0.25) is 0 Å². The summed E-state index contributed by atoms with van der Waals surface area (Å²) in [6.07, 6.45) is 4.69. The number of hydrogen-bond acceptors (Lipinski definition) is 4. The van der Waals surface area contributed by atoms with Crippen molar-refractivity contribution in [2.24, 2.45) is 0 Å². The molecule has 0 atom stereocenters. The lowest BCUT2D eigenvalue weighted by molar-refractivity contribution is -0.384. The van der Waals surface area contributed by atoms with Gasteiger partial charge < -0.3 is 4.42 Å². The van der Waals surface area contributed by atoms with Gasteiger partial charge in [-0.25, -0.2) is 0 Å². The predicted octanol–water partition coefficient (Wildman–Crippen LogP) is 4.83. The Morgan fingerprint density at radius 1 is 1.17 bits per heavy atom. The van der Waals surface area contributed by atoms with E-state index in [9.17, 15) is 14.9 Å². The minimum absolute atomic E-state index is 0.0161. The summed E-state index contributed by atoms with van der Waals surface area (Å²) in [5, 5.41) is 11.6. The molecule has 0 aliphatic carbocycles. The van der Waals surface area contributed by atoms with Crippen molar-refractivity contribution in [3.8, 4) is 0 Å². The molecule has 0 aliphatic rings. The second-order valence-corrected chi connectivity index (χ2v) is 5.71. The zero-order valence-electron chi connectivity index (χ0n) is 12.7. The molecule has 1 aromatic heterocycles. The molecule has 0 saturated carbocycles. The fraction of sp³-hybridized carbons (Fsp3) is 0.0556. The molecular formula is C18H12ClNO4. The highest BCUT2D eigenvalue weighted by molar-refractivity contribution is 6.32. The fourth-order valence-corrected chi connectivity index (χ4v) is 2.44. The first-order chi connectivity index (χ1) is 11.5. The molecule has 120 valence electrons. The van der Waals surface area contributed by atoms with Crippen molar-refractivity contribution in [3.63, 3.8) is 0 Å². The van der Waals surface area contributed by atoms with E-state index in [0.29, 0.717) is 21.6 Å². The molecule has 0 spiro atoms. The third-order valence-electron chi connectivity index (χ3n) is 3.64. The highest BCUT2D eigenvalue weighted by Crippen LogP contribution is 2.22. The van der Waals surface area contributed by atoms with Crippen molar-refractivity contribution < 1.29 is 9.34 Å². The summed E-state index contributed by atoms with van der Waals surface area (Å²) >= 11 is 6.07. The van der Waals surface area contributed by atoms with E-state index in [1.807, 2.05) is 6.92 Å². The van der Waals surface area contributed by atoms with Gasteiger partial charge in [-0.05, 0) is 48.4 Å². The monoisotopic (exact) mass is 341 g/mol. The first-order valence-corrected chi connectivity index (χ1v) is 7.48. The average molecular weight is 342 g/mol. The largest absolute Gasteiger partial charge is 0.463 e. The highest BCUT2D eigenvalue weighted by Gasteiger charge is 2.08. The smallest absolute Gasteiger partial charge is 0.269 e. The minimum Gasteiger partial charge on any atom is -0.463 e. The van der Waals surface area contributed by atoms with E-state index in [-0.39, 0.29) is 11.1 Å². The maximum atomic E-state index is 12.5. The number of non-ortho nitro benzene ring substituents is 1. The van der Waals surface area contributed by atoms with Gasteiger partial charge in [0, 0.05) is 17.2 Å². The van der Waals surface area contributed by atoms with Crippen LogP contribution in [0.15, 0.2) is 51.9 Å². The van der Waals surface area contributed by atoms with Gasteiger partial charge in [0.1, 0.15) is 11.8 Å². The first-order valence-electron chi connectivity index (χ1n) is 7.10. The molecule has 3 aromatic rings. The quantitative estimate of drug-likeness (QED) is 0.505. The molecule has 0 bridgehead atoms. The summed E-state index contributed by atoms with van der Waals surface area (Å²) in [4.78, 5) is 22.7. The molecule has 1 heterocycles. The number of hydrogen-bond donors (Lipinski definition) is 0. The van der Waals surface area contributed by atoms with E-state index in [4.69, 9.17) is 16.0 Å². The average Bonchev–Trinajstić information content (AvgIpc) is 2.56. The van der Waals surface area contributed by atoms with Crippen LogP contribution in [0.5, 0.6) is 0 Å². The lowest BCUT2D eigenvalue weighted by Crippen LogP contribution is -2.04. The topological polar surface area (TPSA) is 73.3 Å². The van der Waals surface area contributed by atoms with E-state index >= 15 is 0 Å². The Balaban J connectivity index is 1.97. The van der Waals surface area contributed by atoms with Gasteiger partial charge in [0.05, 0.1) is 15.9 Å². The third-order valence-corrected chi connectivity index (χ3v) is 4.05. The SMILES string of the molecule is Cc1cc2occ(/C=C\c3ccc([N+](=O)[O-])cc3)c(=O)c2cc1Cl. The Kier molecular flexibility index (Phi) is 4.18. The van der Waals surface area contributed by atoms with Gasteiger partial charge in [-0.1, -0.05) is 17.7 Å². The fourth-order valence-electron chi connectivity index (χ4n) is 2.27. The lowest BCUT2D eigenvalue weighted by Gasteiger charge is -2.02. The maximum Gasteiger partial charge on any atom is 0.269 e. The van der Waals surface area contributed by atoms with Gasteiger partial charge in [-0.2, -0.15) is 0 Å². The van der Waals surface area contributed by atoms with Gasteiger partial charge in [0.15, 0.2) is 5.43 Å². The summed E-state index contributed by atoms with van der Waals surface area (Å²) in [6, 6.07) is 9.36. The van der Waals surface area contributed by atoms with Gasteiger partial charge in [0.25, 0.3) is 5.69 Å². The molecule has 2 aromatic carbocycles. The first kappa shape index (κ1) is 16.0. The lowest BCUT2D eigenvalue weighted by atomic mass is 10.1. The molecule has 0 aliphatic heterocycles. The summed E-state index contributed by atoms with van der Waals surface area (Å²) in [5.41, 5.74) is 2.26. The summed E-state index contributed by atoms with van der Waals surface area (Å²) in [7, 11) is 0. The predicted molar refractivity (Wildman–Crippen MR) is 94.3 cm³/mol. The molecule has 0 radical (unpaired) electrons. The molecule has 0 fully saturated rings. The van der Waals surface area contributed by atoms with Crippen LogP contribution >= 0.6 is 11.6 Å². The van der Waals surface area contributed by atoms with Crippen molar-refractivity contribution in [2.45, 2.75) is 6.92 Å². The Morgan fingerprint density at radius 3 is 2.54 bits per heavy atom. The normalized spacial score (nSPS) is 11.2. The van der Waals surface area contributed by atoms with Crippen molar-refractivity contribution in [2.75, 3.05) is 0 Å². The van der Waals surface area contributed by atoms with E-state index < -0.39 is 4.92 Å². The number of nitrogens with zero attached hydrogens (tertiary/aromatic N) is 1. The molecule has 0 unspecified atom stereocenters. The highest BCUT2D eigenvalue weighted by atomic mass is 35.5. The third kappa shape index (κ3) is 3.07. The number of aryl methyl sites for hydroxylation is 1. The van der Waals surface area contributed by atoms with Gasteiger partial charge in [-0.3, -0.25) is 14.9 Å². The van der Waals surface area contributed by atoms with Crippen LogP contribution in [0, 0.1) is 17.0 Å². The molecule has 3 rings (SSSR count). The van der Waals surface area contributed by atoms with Crippen LogP contribution in [0.25, 0.3) is 23.1 Å². The Bertz CT molecular complexity index is 1020. The van der Waals surface area contributed by atoms with Crippen LogP contribution in [0.1, 0.15) is 16.7 Å². The summed E-state index contributed by atoms with van der Waals surface area (Å²) < 4.78 is 5.50. The van der Waals surface area contributed by atoms with E-state index in [1.165, 1.54) is 18.4 Å². The molecule has 0 N–H and O–H groups in total. The minimum atomic E-state index is -0.461. The van der Waals surface area contributed by atoms with Crippen LogP contribution in [0.2, 0.25) is 5.02 Å². The summed E-state index contributed by atoms with van der Waals surface area (Å²) in [5.74, 6) is 0. The van der Waals surface area contributed by atoms with E-state index in [2.05, 4.69) is 0 Å². The second kappa shape index (κ2) is 6.29. The molecular weight excluding hydrogens is 330 g/mol. The molecule has 0 amide bonds. The molecule has 6 heteroatoms. The molecule has 0 saturated heterocycles. The standard InChI is InChI=1S/C18H12ClNO4/c1-11-8-17-15(9-16(11)19)18(21)13(10-24-17)5-2-12-3-6-14(7-4-12)20(22)23/h2-10H,1H3/b5-2-. The van der Waals surface area contributed by atoms with Crippen molar-refractivity contribution >= 4 is 40.4 Å². The number of nitro benzene ring substituents is 1. The number of fused-ring (bicyclic) bond motifs is 1. The van der Waals surface area contributed by atoms with Crippen LogP contribution < -0.4 is 5.43 Å². The second-order valence-electron chi connectivity index (χ2n) is 5.30. The van der Waals surface area contributed by atoms with E-state index in [0.717, 1.165) is 11.1 Å².